The molecule has 1 aliphatic rings. The first kappa shape index (κ1) is 12.9. The van der Waals surface area contributed by atoms with E-state index in [2.05, 4.69) is 5.32 Å². The number of amides is 2. The highest BCUT2D eigenvalue weighted by Gasteiger charge is 2.33. The topological polar surface area (TPSA) is 104 Å². The number of aromatic carboxylic acids is 1. The van der Waals surface area contributed by atoms with Gasteiger partial charge in [-0.05, 0) is 18.2 Å². The van der Waals surface area contributed by atoms with Gasteiger partial charge in [0.25, 0.3) is 11.8 Å². The fraction of sp³-hybridized carbons (Fsp3) is 0. The first-order valence-corrected chi connectivity index (χ1v) is 6.05. The SMILES string of the molecule is O=C1NC(=O)c2c1ccc(C(=O)O)c2-c1ccccc1O. The van der Waals surface area contributed by atoms with Gasteiger partial charge in [-0.1, -0.05) is 18.2 Å². The molecule has 0 aromatic heterocycles. The minimum atomic E-state index is -1.25. The molecule has 0 bridgehead atoms. The van der Waals surface area contributed by atoms with Crippen molar-refractivity contribution in [2.45, 2.75) is 0 Å². The summed E-state index contributed by atoms with van der Waals surface area (Å²) in [6.07, 6.45) is 0. The number of carbonyl (C=O) groups excluding carboxylic acids is 2. The quantitative estimate of drug-likeness (QED) is 0.727. The summed E-state index contributed by atoms with van der Waals surface area (Å²) in [6.45, 7) is 0. The number of phenolic OH excluding ortho intramolecular Hbond substituents is 1. The van der Waals surface area contributed by atoms with Gasteiger partial charge < -0.3 is 10.2 Å². The molecular weight excluding hydrogens is 274 g/mol. The lowest BCUT2D eigenvalue weighted by Gasteiger charge is -2.11. The number of hydrogen-bond donors (Lipinski definition) is 3. The molecule has 3 N–H and O–H groups in total. The lowest BCUT2D eigenvalue weighted by Crippen LogP contribution is -2.20. The first-order chi connectivity index (χ1) is 10.0. The molecule has 21 heavy (non-hydrogen) atoms. The van der Waals surface area contributed by atoms with Crippen molar-refractivity contribution < 1.29 is 24.6 Å². The van der Waals surface area contributed by atoms with Crippen LogP contribution in [0.2, 0.25) is 0 Å². The van der Waals surface area contributed by atoms with Crippen LogP contribution in [-0.2, 0) is 0 Å². The molecule has 6 nitrogen and oxygen atoms in total. The number of phenols is 1. The normalized spacial score (nSPS) is 13.0. The largest absolute Gasteiger partial charge is 0.507 e. The van der Waals surface area contributed by atoms with E-state index in [4.69, 9.17) is 0 Å². The van der Waals surface area contributed by atoms with Gasteiger partial charge in [0.2, 0.25) is 0 Å². The number of aromatic hydroxyl groups is 1. The molecule has 0 radical (unpaired) electrons. The number of benzene rings is 2. The van der Waals surface area contributed by atoms with Gasteiger partial charge in [0.1, 0.15) is 5.75 Å². The van der Waals surface area contributed by atoms with Gasteiger partial charge in [-0.15, -0.1) is 0 Å². The van der Waals surface area contributed by atoms with Crippen LogP contribution in [0, 0.1) is 0 Å². The first-order valence-electron chi connectivity index (χ1n) is 6.05. The maximum Gasteiger partial charge on any atom is 0.336 e. The van der Waals surface area contributed by atoms with Crippen molar-refractivity contribution in [3.8, 4) is 16.9 Å². The average molecular weight is 283 g/mol. The Labute approximate surface area is 118 Å². The van der Waals surface area contributed by atoms with E-state index in [0.29, 0.717) is 0 Å². The van der Waals surface area contributed by atoms with E-state index < -0.39 is 17.8 Å². The molecule has 6 heteroatoms. The third-order valence-electron chi connectivity index (χ3n) is 3.31. The molecule has 0 unspecified atom stereocenters. The highest BCUT2D eigenvalue weighted by Crippen LogP contribution is 2.37. The van der Waals surface area contributed by atoms with Crippen LogP contribution in [0.15, 0.2) is 36.4 Å². The van der Waals surface area contributed by atoms with Crippen LogP contribution in [-0.4, -0.2) is 28.0 Å². The molecule has 2 amide bonds. The zero-order valence-corrected chi connectivity index (χ0v) is 10.6. The molecule has 0 aliphatic carbocycles. The van der Waals surface area contributed by atoms with Gasteiger partial charge in [0, 0.05) is 11.1 Å². The maximum absolute atomic E-state index is 11.9. The van der Waals surface area contributed by atoms with Crippen molar-refractivity contribution in [2.75, 3.05) is 0 Å². The van der Waals surface area contributed by atoms with E-state index in [1.165, 1.54) is 24.3 Å². The zero-order chi connectivity index (χ0) is 15.1. The Balaban J connectivity index is 2.43. The second kappa shape index (κ2) is 4.45. The Morgan fingerprint density at radius 1 is 0.905 bits per heavy atom. The number of para-hydroxylation sites is 1. The van der Waals surface area contributed by atoms with E-state index in [0.717, 1.165) is 0 Å². The predicted molar refractivity (Wildman–Crippen MR) is 72.3 cm³/mol. The van der Waals surface area contributed by atoms with Crippen LogP contribution >= 0.6 is 0 Å². The second-order valence-electron chi connectivity index (χ2n) is 4.52. The molecule has 2 aromatic rings. The third kappa shape index (κ3) is 1.85. The van der Waals surface area contributed by atoms with Gasteiger partial charge in [0.05, 0.1) is 16.7 Å². The van der Waals surface area contributed by atoms with E-state index in [1.54, 1.807) is 12.1 Å². The lowest BCUT2D eigenvalue weighted by molar-refractivity contribution is 0.0697. The van der Waals surface area contributed by atoms with Crippen molar-refractivity contribution >= 4 is 17.8 Å². The van der Waals surface area contributed by atoms with E-state index >= 15 is 0 Å². The van der Waals surface area contributed by atoms with Gasteiger partial charge in [-0.2, -0.15) is 0 Å². The van der Waals surface area contributed by atoms with Crippen LogP contribution in [0.1, 0.15) is 31.1 Å². The number of imide groups is 1. The van der Waals surface area contributed by atoms with E-state index in [1.807, 2.05) is 0 Å². The molecule has 2 aromatic carbocycles. The number of fused-ring (bicyclic) bond motifs is 1. The van der Waals surface area contributed by atoms with Crippen molar-refractivity contribution in [2.24, 2.45) is 0 Å². The van der Waals surface area contributed by atoms with Crippen molar-refractivity contribution in [3.05, 3.63) is 53.1 Å². The summed E-state index contributed by atoms with van der Waals surface area (Å²) >= 11 is 0. The van der Waals surface area contributed by atoms with Crippen molar-refractivity contribution in [3.63, 3.8) is 0 Å². The minimum Gasteiger partial charge on any atom is -0.507 e. The molecule has 0 atom stereocenters. The third-order valence-corrected chi connectivity index (χ3v) is 3.31. The van der Waals surface area contributed by atoms with Crippen LogP contribution in [0.3, 0.4) is 0 Å². The fourth-order valence-corrected chi connectivity index (χ4v) is 2.40. The summed E-state index contributed by atoms with van der Waals surface area (Å²) in [5, 5.41) is 21.4. The average Bonchev–Trinajstić information content (AvgIpc) is 2.74. The number of nitrogens with one attached hydrogen (secondary N) is 1. The van der Waals surface area contributed by atoms with Crippen molar-refractivity contribution in [1.29, 1.82) is 0 Å². The van der Waals surface area contributed by atoms with Gasteiger partial charge >= 0.3 is 5.97 Å². The number of rotatable bonds is 2. The Morgan fingerprint density at radius 2 is 1.62 bits per heavy atom. The molecule has 0 spiro atoms. The summed E-state index contributed by atoms with van der Waals surface area (Å²) in [5.74, 6) is -2.66. The molecule has 3 rings (SSSR count). The number of carboxylic acid groups (broad SMARTS) is 1. The number of carboxylic acids is 1. The Hall–Kier alpha value is -3.15. The Bertz CT molecular complexity index is 810. The summed E-state index contributed by atoms with van der Waals surface area (Å²) in [5.41, 5.74) is 0.155. The Kier molecular flexibility index (Phi) is 2.72. The zero-order valence-electron chi connectivity index (χ0n) is 10.6. The molecule has 0 saturated heterocycles. The smallest absolute Gasteiger partial charge is 0.336 e. The van der Waals surface area contributed by atoms with E-state index in [-0.39, 0.29) is 33.6 Å². The summed E-state index contributed by atoms with van der Waals surface area (Å²) < 4.78 is 0. The highest BCUT2D eigenvalue weighted by atomic mass is 16.4. The monoisotopic (exact) mass is 283 g/mol. The predicted octanol–water partition coefficient (Wildman–Crippen LogP) is 1.64. The molecule has 0 fully saturated rings. The van der Waals surface area contributed by atoms with Crippen LogP contribution < -0.4 is 5.32 Å². The minimum absolute atomic E-state index is 0.0265. The van der Waals surface area contributed by atoms with Gasteiger partial charge in [-0.25, -0.2) is 4.79 Å². The molecule has 104 valence electrons. The molecular formula is C15H9NO5. The van der Waals surface area contributed by atoms with Crippen LogP contribution in [0.25, 0.3) is 11.1 Å². The number of hydrogen-bond acceptors (Lipinski definition) is 4. The van der Waals surface area contributed by atoms with Gasteiger partial charge in [-0.3, -0.25) is 14.9 Å². The molecule has 1 aliphatic heterocycles. The molecule has 1 heterocycles. The standard InChI is InChI=1S/C15H9NO5/c17-10-4-2-1-3-7(10)11-9(15(20)21)6-5-8-12(11)14(19)16-13(8)18/h1-6,17H,(H,20,21)(H,16,18,19). The van der Waals surface area contributed by atoms with E-state index in [9.17, 15) is 24.6 Å². The van der Waals surface area contributed by atoms with Crippen LogP contribution in [0.5, 0.6) is 5.75 Å². The highest BCUT2D eigenvalue weighted by molar-refractivity contribution is 6.25. The molecule has 0 saturated carbocycles. The number of carbonyl (C=O) groups is 3. The van der Waals surface area contributed by atoms with Gasteiger partial charge in [0.15, 0.2) is 0 Å². The summed E-state index contributed by atoms with van der Waals surface area (Å²) in [7, 11) is 0. The maximum atomic E-state index is 11.9. The summed E-state index contributed by atoms with van der Waals surface area (Å²) in [6, 6.07) is 8.61. The van der Waals surface area contributed by atoms with Crippen LogP contribution in [0.4, 0.5) is 0 Å². The second-order valence-corrected chi connectivity index (χ2v) is 4.52. The fourth-order valence-electron chi connectivity index (χ4n) is 2.40. The van der Waals surface area contributed by atoms with Crippen molar-refractivity contribution in [1.82, 2.24) is 5.32 Å². The summed E-state index contributed by atoms with van der Waals surface area (Å²) in [4.78, 5) is 35.0. The Morgan fingerprint density at radius 3 is 2.29 bits per heavy atom. The lowest BCUT2D eigenvalue weighted by atomic mass is 9.91.